The van der Waals surface area contributed by atoms with E-state index in [1.54, 1.807) is 13.3 Å². The Hall–Kier alpha value is 0.976. The van der Waals surface area contributed by atoms with Crippen molar-refractivity contribution < 1.29 is 5.11 Å². The Labute approximate surface area is 159 Å². The van der Waals surface area contributed by atoms with Crippen molar-refractivity contribution in [2.45, 2.75) is 121 Å². The molecular formula is C21H48OSiSn. The van der Waals surface area contributed by atoms with E-state index in [-0.39, 0.29) is 0 Å². The number of aliphatic hydroxyl groups excluding tert-OH is 1. The molecule has 1 unspecified atom stereocenters. The third kappa shape index (κ3) is 6.94. The quantitative estimate of drug-likeness (QED) is 0.278. The zero-order valence-electron chi connectivity index (χ0n) is 18.3. The molecule has 0 heterocycles. The predicted octanol–water partition coefficient (Wildman–Crippen LogP) is 7.64. The summed E-state index contributed by atoms with van der Waals surface area (Å²) in [6.45, 7) is 20.3. The molecule has 0 rings (SSSR count). The van der Waals surface area contributed by atoms with E-state index in [4.69, 9.17) is 0 Å². The molecular weight excluding hydrogens is 415 g/mol. The Bertz CT molecular complexity index is 301. The van der Waals surface area contributed by atoms with Gasteiger partial charge in [0.25, 0.3) is 0 Å². The van der Waals surface area contributed by atoms with Crippen LogP contribution in [0.1, 0.15) is 86.5 Å². The minimum atomic E-state index is -2.28. The molecule has 0 aliphatic heterocycles. The Morgan fingerprint density at radius 1 is 0.833 bits per heavy atom. The third-order valence-corrected chi connectivity index (χ3v) is 39.8. The standard InChI is InChI=1S/C9H21OSi.3C4H9.Sn/c1-9(2,3)11(4,5)8-6-7-10;3*1-3-4-2;/h8,10H,6-7H2,1-5H3;3*1,3-4H2,2H3;. The fourth-order valence-electron chi connectivity index (χ4n) is 4.57. The average molecular weight is 463 g/mol. The van der Waals surface area contributed by atoms with Crippen LogP contribution in [0.5, 0.6) is 0 Å². The van der Waals surface area contributed by atoms with E-state index < -0.39 is 26.5 Å². The van der Waals surface area contributed by atoms with E-state index in [1.807, 2.05) is 0 Å². The minimum absolute atomic E-state index is 0.417. The third-order valence-electron chi connectivity index (χ3n) is 7.05. The summed E-state index contributed by atoms with van der Waals surface area (Å²) in [5.74, 6) is 0. The molecule has 0 bridgehead atoms. The van der Waals surface area contributed by atoms with Gasteiger partial charge in [-0.3, -0.25) is 0 Å². The topological polar surface area (TPSA) is 20.2 Å². The first kappa shape index (κ1) is 25.0. The van der Waals surface area contributed by atoms with Crippen molar-refractivity contribution in [1.82, 2.24) is 0 Å². The molecule has 146 valence electrons. The summed E-state index contributed by atoms with van der Waals surface area (Å²) in [6, 6.07) is 0. The Balaban J connectivity index is 5.91. The average Bonchev–Trinajstić information content (AvgIpc) is 2.51. The molecule has 0 aliphatic carbocycles. The summed E-state index contributed by atoms with van der Waals surface area (Å²) in [5.41, 5.74) is 0. The molecule has 0 aromatic rings. The van der Waals surface area contributed by atoms with Crippen LogP contribution in [0.4, 0.5) is 0 Å². The molecule has 1 nitrogen and oxygen atoms in total. The number of hydrogen-bond donors (Lipinski definition) is 1. The molecule has 0 fully saturated rings. The number of hydrogen-bond acceptors (Lipinski definition) is 1. The van der Waals surface area contributed by atoms with Crippen molar-refractivity contribution in [3.05, 3.63) is 0 Å². The van der Waals surface area contributed by atoms with Crippen LogP contribution in [0, 0.1) is 0 Å². The second-order valence-corrected chi connectivity index (χ2v) is 31.0. The Kier molecular flexibility index (Phi) is 12.1. The van der Waals surface area contributed by atoms with E-state index >= 15 is 0 Å². The fraction of sp³-hybridized carbons (Fsp3) is 1.00. The van der Waals surface area contributed by atoms with E-state index in [0.29, 0.717) is 11.6 Å². The normalized spacial score (nSPS) is 14.9. The maximum absolute atomic E-state index is 9.96. The Morgan fingerprint density at radius 3 is 1.46 bits per heavy atom. The molecule has 0 spiro atoms. The van der Waals surface area contributed by atoms with Gasteiger partial charge in [-0.25, -0.2) is 0 Å². The van der Waals surface area contributed by atoms with Crippen molar-refractivity contribution in [3.8, 4) is 0 Å². The van der Waals surface area contributed by atoms with Gasteiger partial charge >= 0.3 is 160 Å². The van der Waals surface area contributed by atoms with Crippen molar-refractivity contribution in [2.24, 2.45) is 0 Å². The van der Waals surface area contributed by atoms with Gasteiger partial charge in [0.2, 0.25) is 0 Å². The summed E-state index contributed by atoms with van der Waals surface area (Å²) < 4.78 is 5.70. The monoisotopic (exact) mass is 464 g/mol. The fourth-order valence-corrected chi connectivity index (χ4v) is 44.0. The van der Waals surface area contributed by atoms with Gasteiger partial charge in [0.1, 0.15) is 0 Å². The van der Waals surface area contributed by atoms with Crippen LogP contribution in [-0.2, 0) is 0 Å². The first-order chi connectivity index (χ1) is 11.1. The summed E-state index contributed by atoms with van der Waals surface area (Å²) >= 11 is -2.28. The second-order valence-electron chi connectivity index (χ2n) is 9.71. The SMILES string of the molecule is CCC[CH2][Sn]([CH2]CCC)([CH2]CCC)[CH](CCO)[Si](C)(C)C(C)(C)C. The zero-order valence-corrected chi connectivity index (χ0v) is 22.2. The summed E-state index contributed by atoms with van der Waals surface area (Å²) in [6.07, 6.45) is 9.49. The second kappa shape index (κ2) is 11.6. The molecule has 0 radical (unpaired) electrons. The zero-order chi connectivity index (χ0) is 18.9. The molecule has 0 aromatic heterocycles. The van der Waals surface area contributed by atoms with Crippen LogP contribution in [-0.4, -0.2) is 38.2 Å². The van der Waals surface area contributed by atoms with Gasteiger partial charge in [-0.15, -0.1) is 0 Å². The van der Waals surface area contributed by atoms with E-state index in [1.165, 1.54) is 38.5 Å². The van der Waals surface area contributed by atoms with Gasteiger partial charge in [-0.2, -0.15) is 0 Å². The molecule has 24 heavy (non-hydrogen) atoms. The summed E-state index contributed by atoms with van der Waals surface area (Å²) in [7, 11) is -1.41. The van der Waals surface area contributed by atoms with Crippen LogP contribution >= 0.6 is 0 Å². The van der Waals surface area contributed by atoms with E-state index in [0.717, 1.165) is 9.98 Å². The predicted molar refractivity (Wildman–Crippen MR) is 118 cm³/mol. The van der Waals surface area contributed by atoms with Crippen LogP contribution in [0.25, 0.3) is 0 Å². The van der Waals surface area contributed by atoms with Crippen molar-refractivity contribution in [1.29, 1.82) is 0 Å². The van der Waals surface area contributed by atoms with Gasteiger partial charge < -0.3 is 0 Å². The van der Waals surface area contributed by atoms with Crippen molar-refractivity contribution in [2.75, 3.05) is 6.61 Å². The van der Waals surface area contributed by atoms with Crippen LogP contribution in [0.15, 0.2) is 0 Å². The molecule has 0 amide bonds. The van der Waals surface area contributed by atoms with E-state index in [2.05, 4.69) is 54.6 Å². The van der Waals surface area contributed by atoms with Crippen LogP contribution in [0.2, 0.25) is 35.0 Å². The van der Waals surface area contributed by atoms with Crippen molar-refractivity contribution >= 4 is 26.5 Å². The molecule has 0 saturated carbocycles. The molecule has 1 atom stereocenters. The number of aliphatic hydroxyl groups is 1. The molecule has 0 saturated heterocycles. The van der Waals surface area contributed by atoms with Crippen LogP contribution in [0.3, 0.4) is 0 Å². The van der Waals surface area contributed by atoms with Gasteiger partial charge in [0, 0.05) is 0 Å². The van der Waals surface area contributed by atoms with Crippen LogP contribution < -0.4 is 0 Å². The molecule has 0 aliphatic rings. The van der Waals surface area contributed by atoms with Gasteiger partial charge in [-0.05, 0) is 0 Å². The number of rotatable bonds is 13. The van der Waals surface area contributed by atoms with E-state index in [9.17, 15) is 5.11 Å². The summed E-state index contributed by atoms with van der Waals surface area (Å²) in [4.78, 5) is 0. The molecule has 1 N–H and O–H groups in total. The summed E-state index contributed by atoms with van der Waals surface area (Å²) in [5, 5.41) is 10.4. The molecule has 3 heteroatoms. The molecule has 0 aromatic carbocycles. The first-order valence-electron chi connectivity index (χ1n) is 10.7. The number of unbranched alkanes of at least 4 members (excludes halogenated alkanes) is 3. The Morgan fingerprint density at radius 2 is 1.21 bits per heavy atom. The maximum atomic E-state index is 9.96. The van der Waals surface area contributed by atoms with Gasteiger partial charge in [-0.1, -0.05) is 0 Å². The van der Waals surface area contributed by atoms with Gasteiger partial charge in [0.05, 0.1) is 0 Å². The van der Waals surface area contributed by atoms with Gasteiger partial charge in [0.15, 0.2) is 0 Å². The first-order valence-corrected chi connectivity index (χ1v) is 21.5. The van der Waals surface area contributed by atoms with Crippen molar-refractivity contribution in [3.63, 3.8) is 0 Å².